The van der Waals surface area contributed by atoms with Crippen molar-refractivity contribution in [3.8, 4) is 0 Å². The lowest BCUT2D eigenvalue weighted by atomic mass is 9.79. The van der Waals surface area contributed by atoms with Crippen LogP contribution < -0.4 is 5.32 Å². The quantitative estimate of drug-likeness (QED) is 0.350. The number of halogens is 3. The van der Waals surface area contributed by atoms with Gasteiger partial charge in [-0.2, -0.15) is 0 Å². The molecule has 1 unspecified atom stereocenters. The van der Waals surface area contributed by atoms with Crippen LogP contribution in [-0.4, -0.2) is 92.0 Å². The molecule has 2 aliphatic rings. The van der Waals surface area contributed by atoms with Crippen LogP contribution in [0.1, 0.15) is 60.4 Å². The first-order valence-electron chi connectivity index (χ1n) is 14.3. The van der Waals surface area contributed by atoms with Crippen molar-refractivity contribution < 1.29 is 14.1 Å². The van der Waals surface area contributed by atoms with Crippen molar-refractivity contribution in [2.75, 3.05) is 60.4 Å². The summed E-state index contributed by atoms with van der Waals surface area (Å²) in [5, 5.41) is 5.11. The molecule has 0 aliphatic carbocycles. The van der Waals surface area contributed by atoms with E-state index in [2.05, 4.69) is 5.32 Å². The standard InChI is InChI=1S/C31H42Cl3N4O2/c1-36(2)30(40)31(14-16-35-17-15-31)38(18-5-4-6-19-38)20-13-25(24-9-12-27(33)28(34)21-24)22-37(3)29(39)23-7-10-26(32)11-8-23/h7-12,21,25,35H,4-6,13-20,22H2,1-3H3/q+1. The molecule has 1 atom stereocenters. The Morgan fingerprint density at radius 1 is 0.925 bits per heavy atom. The van der Waals surface area contributed by atoms with Crippen LogP contribution in [0.5, 0.6) is 0 Å². The molecule has 1 N–H and O–H groups in total. The number of rotatable bonds is 9. The summed E-state index contributed by atoms with van der Waals surface area (Å²) in [6.45, 7) is 5.12. The first-order chi connectivity index (χ1) is 19.1. The lowest BCUT2D eigenvalue weighted by molar-refractivity contribution is -0.972. The van der Waals surface area contributed by atoms with Crippen LogP contribution in [0.25, 0.3) is 0 Å². The Labute approximate surface area is 254 Å². The second kappa shape index (κ2) is 13.4. The maximum absolute atomic E-state index is 14.0. The smallest absolute Gasteiger partial charge is 0.283 e. The average molecular weight is 609 g/mol. The number of nitrogens with one attached hydrogen (secondary N) is 1. The Hall–Kier alpha value is -1.83. The fraction of sp³-hybridized carbons (Fsp3) is 0.548. The highest BCUT2D eigenvalue weighted by molar-refractivity contribution is 6.42. The zero-order valence-electron chi connectivity index (χ0n) is 23.9. The summed E-state index contributed by atoms with van der Waals surface area (Å²) in [6.07, 6.45) is 5.97. The van der Waals surface area contributed by atoms with Crippen molar-refractivity contribution in [3.05, 3.63) is 68.7 Å². The van der Waals surface area contributed by atoms with Gasteiger partial charge < -0.3 is 19.6 Å². The highest BCUT2D eigenvalue weighted by Gasteiger charge is 2.57. The van der Waals surface area contributed by atoms with Crippen molar-refractivity contribution >= 4 is 46.6 Å². The Balaban J connectivity index is 1.65. The number of hydrogen-bond donors (Lipinski definition) is 1. The molecule has 0 aromatic heterocycles. The minimum Gasteiger partial charge on any atom is -0.343 e. The van der Waals surface area contributed by atoms with Gasteiger partial charge in [0.2, 0.25) is 0 Å². The Morgan fingerprint density at radius 3 is 2.17 bits per heavy atom. The van der Waals surface area contributed by atoms with Crippen molar-refractivity contribution in [1.82, 2.24) is 15.1 Å². The van der Waals surface area contributed by atoms with Gasteiger partial charge >= 0.3 is 0 Å². The van der Waals surface area contributed by atoms with Crippen molar-refractivity contribution in [3.63, 3.8) is 0 Å². The molecular formula is C31H42Cl3N4O2+. The van der Waals surface area contributed by atoms with E-state index in [1.807, 2.05) is 39.3 Å². The summed E-state index contributed by atoms with van der Waals surface area (Å²) < 4.78 is 0.818. The molecule has 0 bridgehead atoms. The number of nitrogens with zero attached hydrogens (tertiary/aromatic N) is 3. The van der Waals surface area contributed by atoms with Crippen LogP contribution in [0.2, 0.25) is 15.1 Å². The van der Waals surface area contributed by atoms with Crippen LogP contribution in [0.3, 0.4) is 0 Å². The largest absolute Gasteiger partial charge is 0.343 e. The second-order valence-electron chi connectivity index (χ2n) is 11.7. The van der Waals surface area contributed by atoms with E-state index < -0.39 is 5.54 Å². The van der Waals surface area contributed by atoms with Crippen LogP contribution in [0.4, 0.5) is 0 Å². The fourth-order valence-corrected chi connectivity index (χ4v) is 7.32. The Kier molecular flexibility index (Phi) is 10.4. The monoisotopic (exact) mass is 607 g/mol. The van der Waals surface area contributed by atoms with E-state index in [0.717, 1.165) is 74.9 Å². The van der Waals surface area contributed by atoms with E-state index in [0.29, 0.717) is 27.2 Å². The highest BCUT2D eigenvalue weighted by Crippen LogP contribution is 2.40. The van der Waals surface area contributed by atoms with Gasteiger partial charge in [0.15, 0.2) is 5.54 Å². The lowest BCUT2D eigenvalue weighted by Gasteiger charge is -2.56. The van der Waals surface area contributed by atoms with Crippen molar-refractivity contribution in [1.29, 1.82) is 0 Å². The first kappa shape index (κ1) is 31.1. The molecule has 40 heavy (non-hydrogen) atoms. The predicted molar refractivity (Wildman–Crippen MR) is 164 cm³/mol. The minimum atomic E-state index is -0.428. The van der Waals surface area contributed by atoms with Gasteiger partial charge in [0.1, 0.15) is 0 Å². The molecule has 2 aromatic rings. The molecule has 2 aliphatic heterocycles. The van der Waals surface area contributed by atoms with Gasteiger partial charge in [-0.3, -0.25) is 9.59 Å². The van der Waals surface area contributed by atoms with Gasteiger partial charge in [0.05, 0.1) is 29.7 Å². The van der Waals surface area contributed by atoms with E-state index in [-0.39, 0.29) is 17.7 Å². The molecule has 218 valence electrons. The molecule has 0 spiro atoms. The van der Waals surface area contributed by atoms with E-state index in [9.17, 15) is 9.59 Å². The summed E-state index contributed by atoms with van der Waals surface area (Å²) in [5.74, 6) is 0.222. The van der Waals surface area contributed by atoms with E-state index in [1.165, 1.54) is 6.42 Å². The molecule has 0 saturated carbocycles. The van der Waals surface area contributed by atoms with Crippen molar-refractivity contribution in [2.45, 2.75) is 50.0 Å². The molecule has 2 heterocycles. The van der Waals surface area contributed by atoms with Crippen molar-refractivity contribution in [2.24, 2.45) is 0 Å². The topological polar surface area (TPSA) is 52.7 Å². The average Bonchev–Trinajstić information content (AvgIpc) is 2.97. The van der Waals surface area contributed by atoms with Crippen LogP contribution >= 0.6 is 34.8 Å². The van der Waals surface area contributed by atoms with Gasteiger partial charge in [0.25, 0.3) is 11.8 Å². The minimum absolute atomic E-state index is 0.0289. The summed E-state index contributed by atoms with van der Waals surface area (Å²) in [6, 6.07) is 12.8. The number of benzene rings is 2. The Morgan fingerprint density at radius 2 is 1.57 bits per heavy atom. The third-order valence-corrected chi connectivity index (χ3v) is 10.1. The number of amides is 2. The van der Waals surface area contributed by atoms with E-state index in [1.54, 1.807) is 34.1 Å². The summed E-state index contributed by atoms with van der Waals surface area (Å²) in [4.78, 5) is 30.9. The molecule has 2 saturated heterocycles. The summed E-state index contributed by atoms with van der Waals surface area (Å²) >= 11 is 18.8. The number of hydrogen-bond acceptors (Lipinski definition) is 3. The third-order valence-electron chi connectivity index (χ3n) is 9.07. The third kappa shape index (κ3) is 6.63. The maximum Gasteiger partial charge on any atom is 0.283 e. The van der Waals surface area contributed by atoms with Crippen LogP contribution in [-0.2, 0) is 4.79 Å². The number of carbonyl (C=O) groups excluding carboxylic acids is 2. The van der Waals surface area contributed by atoms with E-state index in [4.69, 9.17) is 34.8 Å². The molecule has 2 aromatic carbocycles. The Bertz CT molecular complexity index is 1180. The number of piperidine rings is 2. The predicted octanol–water partition coefficient (Wildman–Crippen LogP) is 6.10. The van der Waals surface area contributed by atoms with Gasteiger partial charge in [-0.05, 0) is 61.2 Å². The zero-order chi connectivity index (χ0) is 28.9. The molecule has 4 rings (SSSR count). The molecule has 2 fully saturated rings. The number of quaternary nitrogens is 1. The van der Waals surface area contributed by atoms with Crippen LogP contribution in [0.15, 0.2) is 42.5 Å². The molecular weight excluding hydrogens is 567 g/mol. The fourth-order valence-electron chi connectivity index (χ4n) is 6.89. The number of likely N-dealkylation sites (tertiary alicyclic amines) is 1. The number of carbonyl (C=O) groups is 2. The SMILES string of the molecule is CN(C)C(=O)C1([N+]2(CCC(CN(C)C(=O)c3ccc(Cl)cc3)c3ccc(Cl)c(Cl)c3)CCCCC2)CCNCC1. The molecule has 2 amide bonds. The van der Waals surface area contributed by atoms with Gasteiger partial charge in [0, 0.05) is 76.5 Å². The van der Waals surface area contributed by atoms with Crippen LogP contribution in [0, 0.1) is 0 Å². The first-order valence-corrected chi connectivity index (χ1v) is 15.5. The summed E-state index contributed by atoms with van der Waals surface area (Å²) in [7, 11) is 5.63. The van der Waals surface area contributed by atoms with E-state index >= 15 is 0 Å². The number of likely N-dealkylation sites (N-methyl/N-ethyl adjacent to an activating group) is 2. The zero-order valence-corrected chi connectivity index (χ0v) is 26.2. The molecule has 0 radical (unpaired) electrons. The summed E-state index contributed by atoms with van der Waals surface area (Å²) in [5.41, 5.74) is 1.23. The van der Waals surface area contributed by atoms with Gasteiger partial charge in [-0.25, -0.2) is 0 Å². The highest BCUT2D eigenvalue weighted by atomic mass is 35.5. The normalized spacial score (nSPS) is 19.1. The lowest BCUT2D eigenvalue weighted by Crippen LogP contribution is -2.74. The molecule has 6 nitrogen and oxygen atoms in total. The van der Waals surface area contributed by atoms with Gasteiger partial charge in [-0.1, -0.05) is 40.9 Å². The van der Waals surface area contributed by atoms with Gasteiger partial charge in [-0.15, -0.1) is 0 Å². The molecule has 9 heteroatoms. The second-order valence-corrected chi connectivity index (χ2v) is 13.0. The maximum atomic E-state index is 14.0.